The Balaban J connectivity index is 1.98. The summed E-state index contributed by atoms with van der Waals surface area (Å²) in [4.78, 5) is 12.1. The number of benzene rings is 1. The third-order valence-corrected chi connectivity index (χ3v) is 5.42. The quantitative estimate of drug-likeness (QED) is 0.616. The number of carbonyl (C=O) groups is 1. The zero-order chi connectivity index (χ0) is 19.2. The molecule has 1 aromatic heterocycles. The van der Waals surface area contributed by atoms with Crippen LogP contribution in [0.1, 0.15) is 30.7 Å². The fourth-order valence-electron chi connectivity index (χ4n) is 2.23. The summed E-state index contributed by atoms with van der Waals surface area (Å²) in [5.74, 6) is -1.28. The van der Waals surface area contributed by atoms with Crippen molar-refractivity contribution in [3.8, 4) is 0 Å². The first-order valence-corrected chi connectivity index (χ1v) is 10.2. The van der Waals surface area contributed by atoms with Crippen molar-refractivity contribution in [2.24, 2.45) is 5.73 Å². The molecule has 1 aromatic carbocycles. The van der Waals surface area contributed by atoms with E-state index >= 15 is 0 Å². The van der Waals surface area contributed by atoms with Gasteiger partial charge in [-0.1, -0.05) is 29.2 Å². The number of halogens is 1. The average Bonchev–Trinajstić information content (AvgIpc) is 3.05. The molecule has 0 saturated carbocycles. The van der Waals surface area contributed by atoms with Crippen molar-refractivity contribution in [3.63, 3.8) is 0 Å². The molecule has 0 unspecified atom stereocenters. The first kappa shape index (κ1) is 20.3. The highest BCUT2D eigenvalue weighted by atomic mass is 35.5. The zero-order valence-corrected chi connectivity index (χ0v) is 15.9. The summed E-state index contributed by atoms with van der Waals surface area (Å²) in [5.41, 5.74) is 6.51. The van der Waals surface area contributed by atoms with Gasteiger partial charge >= 0.3 is 5.22 Å². The summed E-state index contributed by atoms with van der Waals surface area (Å²) in [6.45, 7) is 2.33. The van der Waals surface area contributed by atoms with Crippen LogP contribution in [0.25, 0.3) is 0 Å². The molecule has 1 amide bonds. The van der Waals surface area contributed by atoms with Crippen LogP contribution in [0.2, 0.25) is 5.02 Å². The lowest BCUT2D eigenvalue weighted by Gasteiger charge is -2.08. The summed E-state index contributed by atoms with van der Waals surface area (Å²) in [6, 6.07) is 4.98. The minimum absolute atomic E-state index is 0.228. The lowest BCUT2D eigenvalue weighted by Crippen LogP contribution is -2.23. The van der Waals surface area contributed by atoms with E-state index in [1.165, 1.54) is 0 Å². The molecule has 0 saturated heterocycles. The third-order valence-electron chi connectivity index (χ3n) is 3.67. The van der Waals surface area contributed by atoms with Crippen molar-refractivity contribution in [2.45, 2.75) is 37.8 Å². The van der Waals surface area contributed by atoms with Gasteiger partial charge in [0.2, 0.25) is 21.6 Å². The highest BCUT2D eigenvalue weighted by molar-refractivity contribution is 7.91. The van der Waals surface area contributed by atoms with Gasteiger partial charge in [0, 0.05) is 17.1 Å². The van der Waals surface area contributed by atoms with Crippen molar-refractivity contribution >= 4 is 33.0 Å². The largest absolute Gasteiger partial charge is 0.413 e. The van der Waals surface area contributed by atoms with E-state index in [0.29, 0.717) is 29.2 Å². The molecule has 2 rings (SSSR count). The van der Waals surface area contributed by atoms with E-state index in [2.05, 4.69) is 15.5 Å². The molecule has 1 heterocycles. The van der Waals surface area contributed by atoms with Gasteiger partial charge in [0.25, 0.3) is 0 Å². The molecule has 8 nitrogen and oxygen atoms in total. The topological polar surface area (TPSA) is 128 Å². The van der Waals surface area contributed by atoms with E-state index in [9.17, 15) is 13.2 Å². The van der Waals surface area contributed by atoms with Crippen molar-refractivity contribution < 1.29 is 17.6 Å². The van der Waals surface area contributed by atoms with Crippen LogP contribution in [0.3, 0.4) is 0 Å². The van der Waals surface area contributed by atoms with Crippen LogP contribution in [-0.4, -0.2) is 36.8 Å². The Morgan fingerprint density at radius 3 is 2.77 bits per heavy atom. The third kappa shape index (κ3) is 5.52. The van der Waals surface area contributed by atoms with Gasteiger partial charge in [0.1, 0.15) is 5.75 Å². The molecule has 0 fully saturated rings. The molecular formula is C16H21ClN4O4S. The van der Waals surface area contributed by atoms with Crippen LogP contribution >= 0.6 is 11.6 Å². The summed E-state index contributed by atoms with van der Waals surface area (Å²) in [6.07, 6.45) is 3.01. The zero-order valence-electron chi connectivity index (χ0n) is 14.4. The van der Waals surface area contributed by atoms with Crippen molar-refractivity contribution in [2.75, 3.05) is 17.6 Å². The number of amides is 1. The molecule has 0 atom stereocenters. The Labute approximate surface area is 157 Å². The van der Waals surface area contributed by atoms with Crippen LogP contribution < -0.4 is 11.1 Å². The SMILES string of the molecule is Cc1c(Cl)cccc1NC(=O)CS(=O)(=O)c1nnc(CCCCCN)o1. The number of hydrogen-bond donors (Lipinski definition) is 2. The van der Waals surface area contributed by atoms with E-state index in [1.807, 2.05) is 0 Å². The lowest BCUT2D eigenvalue weighted by molar-refractivity contribution is -0.113. The van der Waals surface area contributed by atoms with Crippen molar-refractivity contribution in [3.05, 3.63) is 34.7 Å². The fourth-order valence-corrected chi connectivity index (χ4v) is 3.33. The summed E-state index contributed by atoms with van der Waals surface area (Å²) in [5, 5.41) is 9.72. The van der Waals surface area contributed by atoms with Gasteiger partial charge < -0.3 is 15.5 Å². The number of aryl methyl sites for hydroxylation is 1. The van der Waals surface area contributed by atoms with Crippen LogP contribution in [0.5, 0.6) is 0 Å². The number of hydrogen-bond acceptors (Lipinski definition) is 7. The molecule has 142 valence electrons. The summed E-state index contributed by atoms with van der Waals surface area (Å²) < 4.78 is 29.7. The maximum atomic E-state index is 12.3. The number of nitrogens with zero attached hydrogens (tertiary/aromatic N) is 2. The normalized spacial score (nSPS) is 11.5. The standard InChI is InChI=1S/C16H21ClN4O4S/c1-11-12(17)6-5-7-13(11)19-14(22)10-26(23,24)16-21-20-15(25-16)8-3-2-4-9-18/h5-7H,2-4,8-10,18H2,1H3,(H,19,22). The molecule has 26 heavy (non-hydrogen) atoms. The lowest BCUT2D eigenvalue weighted by atomic mass is 10.2. The first-order chi connectivity index (χ1) is 12.3. The van der Waals surface area contributed by atoms with Crippen molar-refractivity contribution in [1.82, 2.24) is 10.2 Å². The summed E-state index contributed by atoms with van der Waals surface area (Å²) >= 11 is 5.98. The van der Waals surface area contributed by atoms with E-state index in [-0.39, 0.29) is 5.89 Å². The number of aromatic nitrogens is 2. The Morgan fingerprint density at radius 2 is 2.04 bits per heavy atom. The maximum absolute atomic E-state index is 12.3. The second-order valence-electron chi connectivity index (χ2n) is 5.78. The molecule has 0 spiro atoms. The number of carbonyl (C=O) groups excluding carboxylic acids is 1. The number of sulfone groups is 1. The molecule has 0 bridgehead atoms. The van der Waals surface area contributed by atoms with Gasteiger partial charge in [-0.15, -0.1) is 5.10 Å². The second-order valence-corrected chi connectivity index (χ2v) is 8.06. The average molecular weight is 401 g/mol. The predicted molar refractivity (Wildman–Crippen MR) is 97.8 cm³/mol. The Kier molecular flexibility index (Phi) is 7.13. The van der Waals surface area contributed by atoms with Gasteiger partial charge in [-0.3, -0.25) is 4.79 Å². The van der Waals surface area contributed by atoms with E-state index in [0.717, 1.165) is 19.3 Å². The van der Waals surface area contributed by atoms with Gasteiger partial charge in [0.05, 0.1) is 0 Å². The van der Waals surface area contributed by atoms with Gasteiger partial charge in [-0.25, -0.2) is 8.42 Å². The highest BCUT2D eigenvalue weighted by Gasteiger charge is 2.26. The molecular weight excluding hydrogens is 380 g/mol. The van der Waals surface area contributed by atoms with Crippen LogP contribution in [0.4, 0.5) is 5.69 Å². The molecule has 3 N–H and O–H groups in total. The van der Waals surface area contributed by atoms with Crippen LogP contribution in [0, 0.1) is 6.92 Å². The molecule has 10 heteroatoms. The van der Waals surface area contributed by atoms with Gasteiger partial charge in [0.15, 0.2) is 0 Å². The van der Waals surface area contributed by atoms with E-state index in [4.69, 9.17) is 21.8 Å². The highest BCUT2D eigenvalue weighted by Crippen LogP contribution is 2.23. The number of nitrogens with one attached hydrogen (secondary N) is 1. The Hall–Kier alpha value is -1.97. The molecule has 0 aliphatic heterocycles. The fraction of sp³-hybridized carbons (Fsp3) is 0.438. The van der Waals surface area contributed by atoms with E-state index in [1.54, 1.807) is 25.1 Å². The van der Waals surface area contributed by atoms with Gasteiger partial charge in [-0.2, -0.15) is 0 Å². The molecule has 0 aliphatic carbocycles. The monoisotopic (exact) mass is 400 g/mol. The van der Waals surface area contributed by atoms with Crippen LogP contribution in [-0.2, 0) is 21.1 Å². The summed E-state index contributed by atoms with van der Waals surface area (Å²) in [7, 11) is -4.02. The number of rotatable bonds is 9. The minimum atomic E-state index is -4.02. The van der Waals surface area contributed by atoms with Crippen molar-refractivity contribution in [1.29, 1.82) is 0 Å². The number of unbranched alkanes of at least 4 members (excludes halogenated alkanes) is 2. The molecule has 0 aliphatic rings. The first-order valence-electron chi connectivity index (χ1n) is 8.13. The number of anilines is 1. The minimum Gasteiger partial charge on any atom is -0.413 e. The van der Waals surface area contributed by atoms with E-state index < -0.39 is 26.7 Å². The predicted octanol–water partition coefficient (Wildman–Crippen LogP) is 2.12. The van der Waals surface area contributed by atoms with Crippen LogP contribution in [0.15, 0.2) is 27.8 Å². The smallest absolute Gasteiger partial charge is 0.336 e. The Bertz CT molecular complexity index is 867. The second kappa shape index (κ2) is 9.11. The number of nitrogens with two attached hydrogens (primary N) is 1. The molecule has 2 aromatic rings. The van der Waals surface area contributed by atoms with Gasteiger partial charge in [-0.05, 0) is 44.0 Å². The Morgan fingerprint density at radius 1 is 1.27 bits per heavy atom. The maximum Gasteiger partial charge on any atom is 0.336 e. The molecule has 0 radical (unpaired) electrons.